The highest BCUT2D eigenvalue weighted by atomic mass is 19.1. The van der Waals surface area contributed by atoms with Gasteiger partial charge < -0.3 is 14.6 Å². The van der Waals surface area contributed by atoms with Crippen molar-refractivity contribution in [1.29, 1.82) is 0 Å². The molecule has 0 unspecified atom stereocenters. The van der Waals surface area contributed by atoms with Crippen molar-refractivity contribution in [2.45, 2.75) is 19.4 Å². The second-order valence-electron chi connectivity index (χ2n) is 8.00. The first kappa shape index (κ1) is 19.5. The molecule has 11 nitrogen and oxygen atoms in total. The standard InChI is InChI=1S/C21H18FN7O4/c1-10-24-18(27(2)26-10)12-5-16-20(29-9-23-25-19(12)29)28(21(30)31)6-13-14(22)3-4-15-17(13)11(7-32-15)8-33-16/h3-5,9,11H,6-8H2,1-2H3,(H,30,31)/t11-/m0/s1. The molecule has 4 aromatic rings. The summed E-state index contributed by atoms with van der Waals surface area (Å²) in [5.41, 5.74) is 1.85. The molecule has 0 bridgehead atoms. The Labute approximate surface area is 186 Å². The van der Waals surface area contributed by atoms with Gasteiger partial charge in [-0.2, -0.15) is 5.10 Å². The van der Waals surface area contributed by atoms with Crippen molar-refractivity contribution in [3.05, 3.63) is 47.3 Å². The van der Waals surface area contributed by atoms with E-state index in [1.54, 1.807) is 30.8 Å². The molecule has 33 heavy (non-hydrogen) atoms. The fourth-order valence-electron chi connectivity index (χ4n) is 4.57. The van der Waals surface area contributed by atoms with E-state index < -0.39 is 11.9 Å². The smallest absolute Gasteiger partial charge is 0.413 e. The minimum atomic E-state index is -1.27. The summed E-state index contributed by atoms with van der Waals surface area (Å²) in [6, 6.07) is 4.54. The summed E-state index contributed by atoms with van der Waals surface area (Å²) in [5, 5.41) is 22.6. The van der Waals surface area contributed by atoms with E-state index in [9.17, 15) is 14.3 Å². The molecule has 2 aliphatic heterocycles. The van der Waals surface area contributed by atoms with Gasteiger partial charge in [-0.25, -0.2) is 18.9 Å². The molecule has 1 atom stereocenters. The largest absolute Gasteiger partial charge is 0.493 e. The molecule has 1 amide bonds. The van der Waals surface area contributed by atoms with E-state index in [1.165, 1.54) is 16.8 Å². The Morgan fingerprint density at radius 2 is 2.03 bits per heavy atom. The number of hydrogen-bond acceptors (Lipinski definition) is 7. The molecule has 2 aliphatic rings. The van der Waals surface area contributed by atoms with Crippen molar-refractivity contribution in [1.82, 2.24) is 29.4 Å². The number of halogens is 1. The Morgan fingerprint density at radius 1 is 1.24 bits per heavy atom. The van der Waals surface area contributed by atoms with Crippen LogP contribution in [0.5, 0.6) is 11.5 Å². The van der Waals surface area contributed by atoms with E-state index in [-0.39, 0.29) is 36.2 Å². The average molecular weight is 451 g/mol. The number of aryl methyl sites for hydroxylation is 2. The average Bonchev–Trinajstić information content (AvgIpc) is 3.49. The quantitative estimate of drug-likeness (QED) is 0.469. The Kier molecular flexibility index (Phi) is 4.06. The predicted octanol–water partition coefficient (Wildman–Crippen LogP) is 2.53. The molecule has 1 N–H and O–H groups in total. The third-order valence-corrected chi connectivity index (χ3v) is 5.97. The Balaban J connectivity index is 1.62. The van der Waals surface area contributed by atoms with Gasteiger partial charge in [-0.3, -0.25) is 9.30 Å². The summed E-state index contributed by atoms with van der Waals surface area (Å²) in [5.74, 6) is 1.36. The molecule has 0 saturated carbocycles. The summed E-state index contributed by atoms with van der Waals surface area (Å²) < 4.78 is 30.0. The minimum absolute atomic E-state index is 0.175. The monoisotopic (exact) mass is 451 g/mol. The van der Waals surface area contributed by atoms with Crippen molar-refractivity contribution < 1.29 is 23.8 Å². The van der Waals surface area contributed by atoms with Gasteiger partial charge in [0.05, 0.1) is 31.2 Å². The van der Waals surface area contributed by atoms with Crippen molar-refractivity contribution in [3.8, 4) is 22.9 Å². The van der Waals surface area contributed by atoms with Gasteiger partial charge >= 0.3 is 6.09 Å². The van der Waals surface area contributed by atoms with Gasteiger partial charge in [0.15, 0.2) is 23.0 Å². The lowest BCUT2D eigenvalue weighted by molar-refractivity contribution is 0.200. The van der Waals surface area contributed by atoms with Crippen molar-refractivity contribution in [3.63, 3.8) is 0 Å². The SMILES string of the molecule is Cc1nc(-c2cc3c(n4cnnc24)N(C(=O)O)Cc2c(F)ccc4c2[C@@H](CO4)CO3)n(C)n1. The number of anilines is 1. The minimum Gasteiger partial charge on any atom is -0.493 e. The van der Waals surface area contributed by atoms with Crippen LogP contribution in [-0.4, -0.2) is 53.8 Å². The number of aromatic nitrogens is 6. The van der Waals surface area contributed by atoms with Gasteiger partial charge in [-0.1, -0.05) is 0 Å². The lowest BCUT2D eigenvalue weighted by Crippen LogP contribution is -2.31. The van der Waals surface area contributed by atoms with Crippen LogP contribution >= 0.6 is 0 Å². The highest BCUT2D eigenvalue weighted by molar-refractivity contribution is 5.90. The van der Waals surface area contributed by atoms with Gasteiger partial charge in [0.25, 0.3) is 0 Å². The second kappa shape index (κ2) is 6.89. The Morgan fingerprint density at radius 3 is 2.76 bits per heavy atom. The Hall–Kier alpha value is -4.22. The maximum Gasteiger partial charge on any atom is 0.413 e. The van der Waals surface area contributed by atoms with E-state index in [0.29, 0.717) is 40.8 Å². The maximum absolute atomic E-state index is 14.9. The molecule has 168 valence electrons. The van der Waals surface area contributed by atoms with Crippen LogP contribution in [0.25, 0.3) is 17.0 Å². The van der Waals surface area contributed by atoms with Crippen molar-refractivity contribution >= 4 is 17.6 Å². The molecule has 12 heteroatoms. The first-order valence-corrected chi connectivity index (χ1v) is 10.2. The van der Waals surface area contributed by atoms with Gasteiger partial charge in [0.2, 0.25) is 0 Å². The van der Waals surface area contributed by atoms with Crippen LogP contribution < -0.4 is 14.4 Å². The van der Waals surface area contributed by atoms with Gasteiger partial charge in [-0.15, -0.1) is 10.2 Å². The van der Waals surface area contributed by atoms with Crippen LogP contribution in [-0.2, 0) is 13.6 Å². The molecular formula is C21H18FN7O4. The summed E-state index contributed by atoms with van der Waals surface area (Å²) in [6.45, 7) is 2.04. The number of carboxylic acid groups (broad SMARTS) is 1. The lowest BCUT2D eigenvalue weighted by Gasteiger charge is -2.23. The highest BCUT2D eigenvalue weighted by Crippen LogP contribution is 2.43. The zero-order valence-electron chi connectivity index (χ0n) is 17.7. The molecular weight excluding hydrogens is 433 g/mol. The van der Waals surface area contributed by atoms with E-state index >= 15 is 0 Å². The van der Waals surface area contributed by atoms with Crippen molar-refractivity contribution in [2.24, 2.45) is 7.05 Å². The molecule has 0 aliphatic carbocycles. The van der Waals surface area contributed by atoms with Crippen LogP contribution in [0.3, 0.4) is 0 Å². The number of pyridine rings is 1. The molecule has 0 saturated heterocycles. The van der Waals surface area contributed by atoms with Crippen LogP contribution in [0.1, 0.15) is 22.9 Å². The number of fused-ring (bicyclic) bond motifs is 3. The van der Waals surface area contributed by atoms with Crippen LogP contribution in [0.2, 0.25) is 0 Å². The number of carbonyl (C=O) groups is 1. The molecule has 0 spiro atoms. The molecule has 1 aromatic carbocycles. The molecule has 0 fully saturated rings. The number of rotatable bonds is 1. The van der Waals surface area contributed by atoms with E-state index in [4.69, 9.17) is 9.47 Å². The number of ether oxygens (including phenoxy) is 2. The third-order valence-electron chi connectivity index (χ3n) is 5.97. The van der Waals surface area contributed by atoms with Gasteiger partial charge in [0, 0.05) is 18.2 Å². The zero-order valence-corrected chi connectivity index (χ0v) is 17.7. The summed E-state index contributed by atoms with van der Waals surface area (Å²) >= 11 is 0. The molecule has 3 aromatic heterocycles. The first-order chi connectivity index (χ1) is 15.9. The number of benzene rings is 1. The summed E-state index contributed by atoms with van der Waals surface area (Å²) in [7, 11) is 1.76. The highest BCUT2D eigenvalue weighted by Gasteiger charge is 2.35. The summed E-state index contributed by atoms with van der Waals surface area (Å²) in [6.07, 6.45) is 0.129. The summed E-state index contributed by atoms with van der Waals surface area (Å²) in [4.78, 5) is 17.9. The topological polar surface area (TPSA) is 120 Å². The number of hydrogen-bond donors (Lipinski definition) is 1. The maximum atomic E-state index is 14.9. The zero-order chi connectivity index (χ0) is 22.9. The number of amides is 1. The number of nitrogens with zero attached hydrogens (tertiary/aromatic N) is 7. The second-order valence-corrected chi connectivity index (χ2v) is 8.00. The first-order valence-electron chi connectivity index (χ1n) is 10.2. The van der Waals surface area contributed by atoms with Crippen LogP contribution in [0, 0.1) is 12.7 Å². The van der Waals surface area contributed by atoms with Crippen LogP contribution in [0.15, 0.2) is 24.5 Å². The van der Waals surface area contributed by atoms with Gasteiger partial charge in [0.1, 0.15) is 23.7 Å². The normalized spacial score (nSPS) is 16.9. The van der Waals surface area contributed by atoms with Crippen LogP contribution in [0.4, 0.5) is 15.0 Å². The molecule has 0 radical (unpaired) electrons. The van der Waals surface area contributed by atoms with E-state index in [1.807, 2.05) is 0 Å². The predicted molar refractivity (Wildman–Crippen MR) is 112 cm³/mol. The molecule has 6 rings (SSSR count). The van der Waals surface area contributed by atoms with Crippen molar-refractivity contribution in [2.75, 3.05) is 18.1 Å². The van der Waals surface area contributed by atoms with Gasteiger partial charge in [-0.05, 0) is 25.1 Å². The Bertz CT molecular complexity index is 1450. The third kappa shape index (κ3) is 2.83. The fourth-order valence-corrected chi connectivity index (χ4v) is 4.57. The molecule has 5 heterocycles. The lowest BCUT2D eigenvalue weighted by atomic mass is 9.95. The van der Waals surface area contributed by atoms with E-state index in [2.05, 4.69) is 20.3 Å². The fraction of sp³-hybridized carbons (Fsp3) is 0.286. The van der Waals surface area contributed by atoms with E-state index in [0.717, 1.165) is 4.90 Å².